The molecule has 1 amide bonds. The third-order valence-electron chi connectivity index (χ3n) is 4.12. The molecule has 1 heterocycles. The maximum absolute atomic E-state index is 12.2. The van der Waals surface area contributed by atoms with Crippen molar-refractivity contribution in [2.24, 2.45) is 0 Å². The van der Waals surface area contributed by atoms with Gasteiger partial charge in [0.2, 0.25) is 0 Å². The standard InChI is InChI=1S/C21H23NO4/c1-21(2,3)15-6-4-14(5-7-15)17(23)13-20(24)22-16-8-9-18-19(12-16)26-11-10-25-18/h4-9,12-13,23H,10-11H2,1-3H3,(H,22,24)/b17-13-. The minimum atomic E-state index is -0.418. The van der Waals surface area contributed by atoms with Crippen molar-refractivity contribution >= 4 is 17.4 Å². The highest BCUT2D eigenvalue weighted by atomic mass is 16.6. The van der Waals surface area contributed by atoms with E-state index in [-0.39, 0.29) is 11.2 Å². The predicted molar refractivity (Wildman–Crippen MR) is 102 cm³/mol. The number of rotatable bonds is 3. The van der Waals surface area contributed by atoms with Crippen LogP contribution in [0.3, 0.4) is 0 Å². The lowest BCUT2D eigenvalue weighted by Crippen LogP contribution is -2.16. The molecule has 1 aliphatic heterocycles. The molecule has 136 valence electrons. The monoisotopic (exact) mass is 353 g/mol. The normalized spacial score (nSPS) is 14.0. The van der Waals surface area contributed by atoms with Crippen molar-refractivity contribution in [3.8, 4) is 11.5 Å². The van der Waals surface area contributed by atoms with Gasteiger partial charge in [-0.25, -0.2) is 0 Å². The Hall–Kier alpha value is -2.95. The van der Waals surface area contributed by atoms with E-state index in [1.54, 1.807) is 18.2 Å². The first kappa shape index (κ1) is 17.9. The number of aliphatic hydroxyl groups excluding tert-OH is 1. The second kappa shape index (κ2) is 7.12. The van der Waals surface area contributed by atoms with E-state index in [0.29, 0.717) is 36.0 Å². The van der Waals surface area contributed by atoms with Gasteiger partial charge in [-0.3, -0.25) is 4.79 Å². The van der Waals surface area contributed by atoms with Crippen LogP contribution in [-0.4, -0.2) is 24.2 Å². The highest BCUT2D eigenvalue weighted by Gasteiger charge is 2.14. The predicted octanol–water partition coefficient (Wildman–Crippen LogP) is 4.29. The minimum absolute atomic E-state index is 0.0352. The van der Waals surface area contributed by atoms with Gasteiger partial charge in [0.05, 0.1) is 0 Å². The number of hydrogen-bond acceptors (Lipinski definition) is 4. The van der Waals surface area contributed by atoms with Crippen LogP contribution in [0.1, 0.15) is 31.9 Å². The zero-order valence-electron chi connectivity index (χ0n) is 15.2. The Morgan fingerprint density at radius 2 is 1.69 bits per heavy atom. The highest BCUT2D eigenvalue weighted by Crippen LogP contribution is 2.32. The summed E-state index contributed by atoms with van der Waals surface area (Å²) in [5.41, 5.74) is 2.37. The van der Waals surface area contributed by atoms with Crippen molar-refractivity contribution in [1.82, 2.24) is 0 Å². The van der Waals surface area contributed by atoms with E-state index in [2.05, 4.69) is 26.1 Å². The topological polar surface area (TPSA) is 67.8 Å². The van der Waals surface area contributed by atoms with Crippen LogP contribution in [0.5, 0.6) is 11.5 Å². The number of anilines is 1. The number of carbonyl (C=O) groups excluding carboxylic acids is 1. The maximum Gasteiger partial charge on any atom is 0.252 e. The molecule has 2 N–H and O–H groups in total. The Morgan fingerprint density at radius 3 is 2.35 bits per heavy atom. The van der Waals surface area contributed by atoms with Gasteiger partial charge < -0.3 is 19.9 Å². The number of amides is 1. The zero-order valence-corrected chi connectivity index (χ0v) is 15.2. The van der Waals surface area contributed by atoms with E-state index >= 15 is 0 Å². The molecule has 5 heteroatoms. The molecule has 2 aromatic rings. The molecule has 0 spiro atoms. The fraction of sp³-hybridized carbons (Fsp3) is 0.286. The van der Waals surface area contributed by atoms with Crippen LogP contribution in [0.4, 0.5) is 5.69 Å². The molecule has 0 atom stereocenters. The molecular formula is C21H23NO4. The highest BCUT2D eigenvalue weighted by molar-refractivity contribution is 6.03. The molecule has 0 radical (unpaired) electrons. The lowest BCUT2D eigenvalue weighted by Gasteiger charge is -2.19. The Morgan fingerprint density at radius 1 is 1.04 bits per heavy atom. The Balaban J connectivity index is 1.70. The Labute approximate surface area is 153 Å². The van der Waals surface area contributed by atoms with Gasteiger partial charge in [-0.05, 0) is 23.1 Å². The molecule has 3 rings (SSSR count). The van der Waals surface area contributed by atoms with Crippen molar-refractivity contribution in [1.29, 1.82) is 0 Å². The molecule has 0 bridgehead atoms. The van der Waals surface area contributed by atoms with E-state index in [1.807, 2.05) is 24.3 Å². The van der Waals surface area contributed by atoms with Crippen molar-refractivity contribution < 1.29 is 19.4 Å². The molecule has 0 fully saturated rings. The first-order chi connectivity index (χ1) is 12.3. The number of carbonyl (C=O) groups is 1. The molecular weight excluding hydrogens is 330 g/mol. The molecule has 1 aliphatic rings. The zero-order chi connectivity index (χ0) is 18.7. The number of ether oxygens (including phenoxy) is 2. The second-order valence-electron chi connectivity index (χ2n) is 7.20. The van der Waals surface area contributed by atoms with Crippen LogP contribution < -0.4 is 14.8 Å². The smallest absolute Gasteiger partial charge is 0.252 e. The van der Waals surface area contributed by atoms with Gasteiger partial charge in [0, 0.05) is 23.4 Å². The summed E-state index contributed by atoms with van der Waals surface area (Å²) in [5.74, 6) is 0.756. The van der Waals surface area contributed by atoms with E-state index in [1.165, 1.54) is 6.08 Å². The van der Waals surface area contributed by atoms with Crippen LogP contribution >= 0.6 is 0 Å². The number of nitrogens with one attached hydrogen (secondary N) is 1. The first-order valence-corrected chi connectivity index (χ1v) is 8.55. The summed E-state index contributed by atoms with van der Waals surface area (Å²) in [6.07, 6.45) is 1.17. The summed E-state index contributed by atoms with van der Waals surface area (Å²) in [5, 5.41) is 12.9. The van der Waals surface area contributed by atoms with Crippen LogP contribution in [0.2, 0.25) is 0 Å². The van der Waals surface area contributed by atoms with Crippen LogP contribution in [-0.2, 0) is 10.2 Å². The van der Waals surface area contributed by atoms with E-state index < -0.39 is 5.91 Å². The minimum Gasteiger partial charge on any atom is -0.507 e. The first-order valence-electron chi connectivity index (χ1n) is 8.55. The second-order valence-corrected chi connectivity index (χ2v) is 7.20. The number of aliphatic hydroxyl groups is 1. The summed E-state index contributed by atoms with van der Waals surface area (Å²) in [6.45, 7) is 7.37. The van der Waals surface area contributed by atoms with E-state index in [4.69, 9.17) is 9.47 Å². The molecule has 0 saturated heterocycles. The largest absolute Gasteiger partial charge is 0.507 e. The van der Waals surface area contributed by atoms with Gasteiger partial charge in [-0.1, -0.05) is 45.0 Å². The van der Waals surface area contributed by atoms with Crippen molar-refractivity contribution in [3.05, 3.63) is 59.7 Å². The molecule has 0 aliphatic carbocycles. The van der Waals surface area contributed by atoms with Crippen molar-refractivity contribution in [2.75, 3.05) is 18.5 Å². The average molecular weight is 353 g/mol. The van der Waals surface area contributed by atoms with Gasteiger partial charge in [0.1, 0.15) is 19.0 Å². The SMILES string of the molecule is CC(C)(C)c1ccc(/C(O)=C/C(=O)Nc2ccc3c(c2)OCCO3)cc1. The number of benzene rings is 2. The summed E-state index contributed by atoms with van der Waals surface area (Å²) >= 11 is 0. The van der Waals surface area contributed by atoms with Gasteiger partial charge >= 0.3 is 0 Å². The quantitative estimate of drug-likeness (QED) is 0.638. The van der Waals surface area contributed by atoms with Crippen LogP contribution in [0.15, 0.2) is 48.5 Å². The summed E-state index contributed by atoms with van der Waals surface area (Å²) in [6, 6.07) is 12.7. The molecule has 0 unspecified atom stereocenters. The van der Waals surface area contributed by atoms with E-state index in [9.17, 15) is 9.90 Å². The lowest BCUT2D eigenvalue weighted by atomic mass is 9.86. The Bertz CT molecular complexity index is 832. The fourth-order valence-corrected chi connectivity index (χ4v) is 2.65. The van der Waals surface area contributed by atoms with E-state index in [0.717, 1.165) is 5.56 Å². The molecule has 0 saturated carbocycles. The third-order valence-corrected chi connectivity index (χ3v) is 4.12. The third kappa shape index (κ3) is 4.17. The maximum atomic E-state index is 12.2. The number of fused-ring (bicyclic) bond motifs is 1. The summed E-state index contributed by atoms with van der Waals surface area (Å²) in [4.78, 5) is 12.2. The molecule has 2 aromatic carbocycles. The van der Waals surface area contributed by atoms with Crippen molar-refractivity contribution in [3.63, 3.8) is 0 Å². The van der Waals surface area contributed by atoms with Crippen LogP contribution in [0.25, 0.3) is 5.76 Å². The van der Waals surface area contributed by atoms with Gasteiger partial charge in [0.15, 0.2) is 11.5 Å². The van der Waals surface area contributed by atoms with Crippen LogP contribution in [0, 0.1) is 0 Å². The Kier molecular flexibility index (Phi) is 4.89. The summed E-state index contributed by atoms with van der Waals surface area (Å²) in [7, 11) is 0. The average Bonchev–Trinajstić information content (AvgIpc) is 2.61. The fourth-order valence-electron chi connectivity index (χ4n) is 2.65. The number of hydrogen-bond donors (Lipinski definition) is 2. The van der Waals surface area contributed by atoms with Gasteiger partial charge in [-0.15, -0.1) is 0 Å². The molecule has 5 nitrogen and oxygen atoms in total. The van der Waals surface area contributed by atoms with Gasteiger partial charge in [0.25, 0.3) is 5.91 Å². The van der Waals surface area contributed by atoms with Gasteiger partial charge in [-0.2, -0.15) is 0 Å². The summed E-state index contributed by atoms with van der Waals surface area (Å²) < 4.78 is 10.9. The molecule has 26 heavy (non-hydrogen) atoms. The van der Waals surface area contributed by atoms with Crippen molar-refractivity contribution in [2.45, 2.75) is 26.2 Å². The lowest BCUT2D eigenvalue weighted by molar-refractivity contribution is -0.111. The molecule has 0 aromatic heterocycles.